The highest BCUT2D eigenvalue weighted by Crippen LogP contribution is 2.33. The van der Waals surface area contributed by atoms with Gasteiger partial charge in [-0.1, -0.05) is 0 Å². The molecular weight excluding hydrogens is 206 g/mol. The Balaban J connectivity index is 3.46. The molecule has 0 aliphatic heterocycles. The number of methoxy groups -OCH3 is 1. The van der Waals surface area contributed by atoms with Crippen LogP contribution in [0.1, 0.15) is 23.2 Å². The predicted octanol–water partition coefficient (Wildman–Crippen LogP) is 1.39. The minimum absolute atomic E-state index is 0.131. The molecule has 1 rings (SSSR count). The molecule has 80 valence electrons. The molecule has 1 aromatic rings. The van der Waals surface area contributed by atoms with Crippen molar-refractivity contribution in [3.63, 3.8) is 0 Å². The molecule has 15 heavy (non-hydrogen) atoms. The third kappa shape index (κ3) is 2.02. The van der Waals surface area contributed by atoms with Gasteiger partial charge in [-0.05, 0) is 0 Å². The van der Waals surface area contributed by atoms with Crippen molar-refractivity contribution < 1.29 is 18.6 Å². The second kappa shape index (κ2) is 4.66. The minimum atomic E-state index is -2.87. The van der Waals surface area contributed by atoms with E-state index in [1.807, 2.05) is 0 Å². The average molecular weight is 214 g/mol. The maximum atomic E-state index is 12.6. The molecule has 0 fully saturated rings. The number of aliphatic hydroxyl groups excluding tert-OH is 1. The fraction of sp³-hybridized carbons (Fsp3) is 0.333. The average Bonchev–Trinajstić information content (AvgIpc) is 2.26. The molecule has 0 bridgehead atoms. The Kier molecular flexibility index (Phi) is 3.52. The normalized spacial score (nSPS) is 10.1. The summed E-state index contributed by atoms with van der Waals surface area (Å²) in [7, 11) is 1.20. The predicted molar refractivity (Wildman–Crippen MR) is 46.4 cm³/mol. The number of aromatic nitrogens is 1. The van der Waals surface area contributed by atoms with E-state index in [-0.39, 0.29) is 17.0 Å². The highest BCUT2D eigenvalue weighted by molar-refractivity contribution is 5.47. The molecule has 4 nitrogen and oxygen atoms in total. The fourth-order valence-corrected chi connectivity index (χ4v) is 1.20. The number of ether oxygens (including phenoxy) is 1. The Labute approximate surface area is 84.7 Å². The Morgan fingerprint density at radius 1 is 1.67 bits per heavy atom. The van der Waals surface area contributed by atoms with Crippen LogP contribution >= 0.6 is 0 Å². The zero-order valence-electron chi connectivity index (χ0n) is 7.87. The standard InChI is InChI=1S/C9H8F2N2O2/c1-15-8-5(4-14)3-13-6(2-12)7(8)9(10)11/h3,9,14H,4H2,1H3. The number of halogens is 2. The first-order valence-corrected chi connectivity index (χ1v) is 4.00. The van der Waals surface area contributed by atoms with E-state index in [2.05, 4.69) is 4.98 Å². The van der Waals surface area contributed by atoms with Gasteiger partial charge < -0.3 is 9.84 Å². The van der Waals surface area contributed by atoms with Crippen molar-refractivity contribution in [1.29, 1.82) is 5.26 Å². The zero-order chi connectivity index (χ0) is 11.4. The molecule has 0 spiro atoms. The molecule has 0 amide bonds. The minimum Gasteiger partial charge on any atom is -0.496 e. The van der Waals surface area contributed by atoms with Gasteiger partial charge in [0.2, 0.25) is 0 Å². The first-order valence-electron chi connectivity index (χ1n) is 4.00. The molecule has 0 atom stereocenters. The summed E-state index contributed by atoms with van der Waals surface area (Å²) < 4.78 is 30.0. The molecular formula is C9H8F2N2O2. The van der Waals surface area contributed by atoms with Crippen molar-refractivity contribution in [1.82, 2.24) is 4.98 Å². The van der Waals surface area contributed by atoms with Crippen molar-refractivity contribution in [2.75, 3.05) is 7.11 Å². The summed E-state index contributed by atoms with van der Waals surface area (Å²) in [4.78, 5) is 3.52. The monoisotopic (exact) mass is 214 g/mol. The smallest absolute Gasteiger partial charge is 0.270 e. The van der Waals surface area contributed by atoms with Gasteiger partial charge in [-0.3, -0.25) is 0 Å². The number of nitrogens with zero attached hydrogens (tertiary/aromatic N) is 2. The first-order chi connectivity index (χ1) is 7.15. The van der Waals surface area contributed by atoms with Crippen LogP contribution in [0.15, 0.2) is 6.20 Å². The Morgan fingerprint density at radius 3 is 2.73 bits per heavy atom. The van der Waals surface area contributed by atoms with Crippen LogP contribution in [0.4, 0.5) is 8.78 Å². The lowest BCUT2D eigenvalue weighted by Crippen LogP contribution is -2.03. The quantitative estimate of drug-likeness (QED) is 0.825. The van der Waals surface area contributed by atoms with Crippen LogP contribution in [0.25, 0.3) is 0 Å². The van der Waals surface area contributed by atoms with E-state index >= 15 is 0 Å². The highest BCUT2D eigenvalue weighted by Gasteiger charge is 2.22. The molecule has 0 saturated heterocycles. The van der Waals surface area contributed by atoms with Crippen molar-refractivity contribution in [3.8, 4) is 11.8 Å². The van der Waals surface area contributed by atoms with Gasteiger partial charge in [0.25, 0.3) is 6.43 Å². The van der Waals surface area contributed by atoms with Crippen molar-refractivity contribution in [2.24, 2.45) is 0 Å². The molecule has 0 unspecified atom stereocenters. The maximum absolute atomic E-state index is 12.6. The lowest BCUT2D eigenvalue weighted by atomic mass is 10.1. The maximum Gasteiger partial charge on any atom is 0.270 e. The van der Waals surface area contributed by atoms with Gasteiger partial charge in [0.1, 0.15) is 11.8 Å². The molecule has 0 aliphatic carbocycles. The molecule has 0 aromatic carbocycles. The fourth-order valence-electron chi connectivity index (χ4n) is 1.20. The SMILES string of the molecule is COc1c(CO)cnc(C#N)c1C(F)F. The van der Waals surface area contributed by atoms with Crippen molar-refractivity contribution >= 4 is 0 Å². The summed E-state index contributed by atoms with van der Waals surface area (Å²) in [5.74, 6) is -0.181. The highest BCUT2D eigenvalue weighted by atomic mass is 19.3. The lowest BCUT2D eigenvalue weighted by molar-refractivity contribution is 0.145. The van der Waals surface area contributed by atoms with Gasteiger partial charge in [0.15, 0.2) is 5.69 Å². The number of pyridine rings is 1. The van der Waals surface area contributed by atoms with Crippen LogP contribution in [0.2, 0.25) is 0 Å². The van der Waals surface area contributed by atoms with E-state index in [0.29, 0.717) is 0 Å². The summed E-state index contributed by atoms with van der Waals surface area (Å²) in [6, 6.07) is 1.55. The Bertz CT molecular complexity index is 402. The zero-order valence-corrected chi connectivity index (χ0v) is 7.87. The molecule has 0 saturated carbocycles. The molecule has 0 radical (unpaired) electrons. The van der Waals surface area contributed by atoms with Crippen LogP contribution in [0, 0.1) is 11.3 Å². The van der Waals surface area contributed by atoms with E-state index in [4.69, 9.17) is 15.1 Å². The van der Waals surface area contributed by atoms with E-state index in [1.54, 1.807) is 6.07 Å². The third-order valence-corrected chi connectivity index (χ3v) is 1.84. The lowest BCUT2D eigenvalue weighted by Gasteiger charge is -2.11. The summed E-state index contributed by atoms with van der Waals surface area (Å²) in [5.41, 5.74) is -0.836. The summed E-state index contributed by atoms with van der Waals surface area (Å²) in [6.07, 6.45) is -1.72. The van der Waals surface area contributed by atoms with E-state index in [1.165, 1.54) is 7.11 Å². The number of hydrogen-bond donors (Lipinski definition) is 1. The molecule has 6 heteroatoms. The Morgan fingerprint density at radius 2 is 2.33 bits per heavy atom. The van der Waals surface area contributed by atoms with Gasteiger partial charge in [-0.15, -0.1) is 0 Å². The number of alkyl halides is 2. The van der Waals surface area contributed by atoms with Gasteiger partial charge >= 0.3 is 0 Å². The third-order valence-electron chi connectivity index (χ3n) is 1.84. The number of hydrogen-bond acceptors (Lipinski definition) is 4. The molecule has 0 aliphatic rings. The second-order valence-electron chi connectivity index (χ2n) is 2.65. The molecule has 1 N–H and O–H groups in total. The second-order valence-corrected chi connectivity index (χ2v) is 2.65. The van der Waals surface area contributed by atoms with Crippen LogP contribution in [-0.4, -0.2) is 17.2 Å². The molecule has 1 heterocycles. The van der Waals surface area contributed by atoms with Crippen LogP contribution in [0.3, 0.4) is 0 Å². The largest absolute Gasteiger partial charge is 0.496 e. The first kappa shape index (κ1) is 11.3. The van der Waals surface area contributed by atoms with E-state index in [0.717, 1.165) is 6.20 Å². The summed E-state index contributed by atoms with van der Waals surface area (Å²) in [6.45, 7) is -0.471. The summed E-state index contributed by atoms with van der Waals surface area (Å²) in [5, 5.41) is 17.5. The summed E-state index contributed by atoms with van der Waals surface area (Å²) >= 11 is 0. The van der Waals surface area contributed by atoms with Crippen molar-refractivity contribution in [2.45, 2.75) is 13.0 Å². The topological polar surface area (TPSA) is 66.1 Å². The number of rotatable bonds is 3. The molecule has 1 aromatic heterocycles. The van der Waals surface area contributed by atoms with Gasteiger partial charge in [-0.2, -0.15) is 5.26 Å². The van der Waals surface area contributed by atoms with Crippen LogP contribution in [-0.2, 0) is 6.61 Å². The van der Waals surface area contributed by atoms with Gasteiger partial charge in [0.05, 0.1) is 19.3 Å². The number of nitriles is 1. The van der Waals surface area contributed by atoms with E-state index in [9.17, 15) is 8.78 Å². The van der Waals surface area contributed by atoms with Crippen LogP contribution < -0.4 is 4.74 Å². The van der Waals surface area contributed by atoms with Crippen molar-refractivity contribution in [3.05, 3.63) is 23.0 Å². The van der Waals surface area contributed by atoms with Gasteiger partial charge in [-0.25, -0.2) is 13.8 Å². The van der Waals surface area contributed by atoms with E-state index < -0.39 is 18.6 Å². The Hall–Kier alpha value is -1.74. The van der Waals surface area contributed by atoms with Gasteiger partial charge in [0, 0.05) is 11.8 Å². The van der Waals surface area contributed by atoms with Crippen LogP contribution in [0.5, 0.6) is 5.75 Å². The number of aliphatic hydroxyl groups is 1.